The molecule has 0 aliphatic heterocycles. The van der Waals surface area contributed by atoms with Gasteiger partial charge in [0.15, 0.2) is 0 Å². The van der Waals surface area contributed by atoms with E-state index in [1.165, 1.54) is 0 Å². The van der Waals surface area contributed by atoms with Crippen LogP contribution in [-0.4, -0.2) is 23.1 Å². The summed E-state index contributed by atoms with van der Waals surface area (Å²) in [6.07, 6.45) is 2.25. The van der Waals surface area contributed by atoms with Crippen molar-refractivity contribution in [3.8, 4) is 6.07 Å². The quantitative estimate of drug-likeness (QED) is 0.880. The zero-order chi connectivity index (χ0) is 15.1. The molecule has 1 aromatic heterocycles. The molecule has 0 radical (unpaired) electrons. The molecular formula is C16H19N5. The van der Waals surface area contributed by atoms with Crippen LogP contribution < -0.4 is 10.2 Å². The molecule has 0 fully saturated rings. The van der Waals surface area contributed by atoms with Crippen molar-refractivity contribution in [2.75, 3.05) is 23.3 Å². The number of benzene rings is 1. The van der Waals surface area contributed by atoms with Gasteiger partial charge in [0.2, 0.25) is 5.95 Å². The summed E-state index contributed by atoms with van der Waals surface area (Å²) >= 11 is 0. The third-order valence-electron chi connectivity index (χ3n) is 3.05. The van der Waals surface area contributed by atoms with Crippen molar-refractivity contribution in [2.45, 2.75) is 20.3 Å². The zero-order valence-corrected chi connectivity index (χ0v) is 12.4. The molecule has 5 heteroatoms. The van der Waals surface area contributed by atoms with Gasteiger partial charge >= 0.3 is 0 Å². The molecule has 0 atom stereocenters. The molecule has 0 saturated carbocycles. The standard InChI is InChI=1S/C16H19N5/c1-3-18-16-19-12-13(2)15(20-16)21(11-7-10-17)14-8-5-4-6-9-14/h4-6,8-9,12H,3,7,11H2,1-2H3,(H,18,19,20). The maximum Gasteiger partial charge on any atom is 0.224 e. The number of nitrogens with zero attached hydrogens (tertiary/aromatic N) is 4. The van der Waals surface area contributed by atoms with E-state index in [1.807, 2.05) is 50.4 Å². The van der Waals surface area contributed by atoms with Crippen molar-refractivity contribution >= 4 is 17.5 Å². The fourth-order valence-corrected chi connectivity index (χ4v) is 2.08. The average Bonchev–Trinajstić information content (AvgIpc) is 2.52. The summed E-state index contributed by atoms with van der Waals surface area (Å²) < 4.78 is 0. The number of aryl methyl sites for hydroxylation is 1. The molecule has 0 aliphatic rings. The highest BCUT2D eigenvalue weighted by atomic mass is 15.2. The van der Waals surface area contributed by atoms with E-state index in [9.17, 15) is 0 Å². The summed E-state index contributed by atoms with van der Waals surface area (Å²) in [5.74, 6) is 1.44. The minimum absolute atomic E-state index is 0.439. The Labute approximate surface area is 125 Å². The average molecular weight is 281 g/mol. The molecule has 0 unspecified atom stereocenters. The number of nitriles is 1. The summed E-state index contributed by atoms with van der Waals surface area (Å²) in [6.45, 7) is 5.36. The molecule has 21 heavy (non-hydrogen) atoms. The van der Waals surface area contributed by atoms with Gasteiger partial charge in [-0.3, -0.25) is 0 Å². The Kier molecular flexibility index (Phi) is 5.10. The maximum atomic E-state index is 8.90. The van der Waals surface area contributed by atoms with Gasteiger partial charge in [-0.1, -0.05) is 18.2 Å². The highest BCUT2D eigenvalue weighted by Gasteiger charge is 2.14. The van der Waals surface area contributed by atoms with Crippen LogP contribution in [0.3, 0.4) is 0 Å². The van der Waals surface area contributed by atoms with Gasteiger partial charge in [0.05, 0.1) is 12.5 Å². The second-order valence-corrected chi connectivity index (χ2v) is 4.63. The number of rotatable bonds is 6. The monoisotopic (exact) mass is 281 g/mol. The Bertz CT molecular complexity index is 618. The van der Waals surface area contributed by atoms with E-state index in [2.05, 4.69) is 26.3 Å². The van der Waals surface area contributed by atoms with Gasteiger partial charge in [0, 0.05) is 30.5 Å². The SMILES string of the molecule is CCNc1ncc(C)c(N(CCC#N)c2ccccc2)n1. The summed E-state index contributed by atoms with van der Waals surface area (Å²) in [4.78, 5) is 10.9. The number of aromatic nitrogens is 2. The van der Waals surface area contributed by atoms with Crippen LogP contribution in [0.2, 0.25) is 0 Å². The van der Waals surface area contributed by atoms with Crippen molar-refractivity contribution < 1.29 is 0 Å². The van der Waals surface area contributed by atoms with Gasteiger partial charge in [0.1, 0.15) is 5.82 Å². The van der Waals surface area contributed by atoms with Crippen LogP contribution in [0.4, 0.5) is 17.5 Å². The second kappa shape index (κ2) is 7.25. The normalized spacial score (nSPS) is 9.95. The lowest BCUT2D eigenvalue weighted by Gasteiger charge is -2.24. The Morgan fingerprint density at radius 1 is 1.29 bits per heavy atom. The fourth-order valence-electron chi connectivity index (χ4n) is 2.08. The molecule has 2 rings (SSSR count). The van der Waals surface area contributed by atoms with E-state index in [0.29, 0.717) is 18.9 Å². The van der Waals surface area contributed by atoms with Gasteiger partial charge in [-0.15, -0.1) is 0 Å². The first-order chi connectivity index (χ1) is 10.3. The molecule has 0 amide bonds. The topological polar surface area (TPSA) is 64.8 Å². The van der Waals surface area contributed by atoms with Crippen molar-refractivity contribution in [3.63, 3.8) is 0 Å². The zero-order valence-electron chi connectivity index (χ0n) is 12.4. The summed E-state index contributed by atoms with van der Waals surface area (Å²) in [7, 11) is 0. The molecule has 0 saturated heterocycles. The molecule has 5 nitrogen and oxygen atoms in total. The van der Waals surface area contributed by atoms with E-state index in [1.54, 1.807) is 0 Å². The molecule has 0 spiro atoms. The number of hydrogen-bond acceptors (Lipinski definition) is 5. The third kappa shape index (κ3) is 3.69. The van der Waals surface area contributed by atoms with E-state index >= 15 is 0 Å². The number of hydrogen-bond donors (Lipinski definition) is 1. The van der Waals surface area contributed by atoms with E-state index in [0.717, 1.165) is 23.6 Å². The van der Waals surface area contributed by atoms with Crippen molar-refractivity contribution in [1.29, 1.82) is 5.26 Å². The highest BCUT2D eigenvalue weighted by molar-refractivity contribution is 5.63. The lowest BCUT2D eigenvalue weighted by molar-refractivity contribution is 0.910. The Morgan fingerprint density at radius 3 is 2.71 bits per heavy atom. The lowest BCUT2D eigenvalue weighted by atomic mass is 10.2. The fraction of sp³-hybridized carbons (Fsp3) is 0.312. The van der Waals surface area contributed by atoms with Crippen LogP contribution in [0.1, 0.15) is 18.9 Å². The number of anilines is 3. The van der Waals surface area contributed by atoms with Crippen molar-refractivity contribution in [2.24, 2.45) is 0 Å². The molecule has 0 bridgehead atoms. The van der Waals surface area contributed by atoms with Crippen LogP contribution >= 0.6 is 0 Å². The van der Waals surface area contributed by atoms with Crippen LogP contribution in [0.5, 0.6) is 0 Å². The Hall–Kier alpha value is -2.61. The van der Waals surface area contributed by atoms with E-state index < -0.39 is 0 Å². The number of nitrogens with one attached hydrogen (secondary N) is 1. The summed E-state index contributed by atoms with van der Waals surface area (Å²) in [5, 5.41) is 12.0. The maximum absolute atomic E-state index is 8.90. The van der Waals surface area contributed by atoms with E-state index in [4.69, 9.17) is 5.26 Å². The van der Waals surface area contributed by atoms with Gasteiger partial charge < -0.3 is 10.2 Å². The van der Waals surface area contributed by atoms with Gasteiger partial charge in [-0.2, -0.15) is 10.2 Å². The molecular weight excluding hydrogens is 262 g/mol. The second-order valence-electron chi connectivity index (χ2n) is 4.63. The summed E-state index contributed by atoms with van der Waals surface area (Å²) in [6, 6.07) is 12.2. The van der Waals surface area contributed by atoms with Crippen LogP contribution in [0.25, 0.3) is 0 Å². The molecule has 0 aliphatic carbocycles. The van der Waals surface area contributed by atoms with E-state index in [-0.39, 0.29) is 0 Å². The minimum atomic E-state index is 0.439. The first kappa shape index (κ1) is 14.8. The van der Waals surface area contributed by atoms with Crippen LogP contribution in [0.15, 0.2) is 36.5 Å². The molecule has 108 valence electrons. The van der Waals surface area contributed by atoms with Crippen molar-refractivity contribution in [1.82, 2.24) is 9.97 Å². The van der Waals surface area contributed by atoms with Crippen LogP contribution in [0, 0.1) is 18.3 Å². The molecule has 1 N–H and O–H groups in total. The Balaban J connectivity index is 2.41. The molecule has 1 heterocycles. The van der Waals surface area contributed by atoms with Crippen LogP contribution in [-0.2, 0) is 0 Å². The minimum Gasteiger partial charge on any atom is -0.354 e. The van der Waals surface area contributed by atoms with Gasteiger partial charge in [0.25, 0.3) is 0 Å². The van der Waals surface area contributed by atoms with Gasteiger partial charge in [-0.05, 0) is 26.0 Å². The molecule has 1 aromatic carbocycles. The van der Waals surface area contributed by atoms with Crippen molar-refractivity contribution in [3.05, 3.63) is 42.1 Å². The predicted octanol–water partition coefficient (Wildman–Crippen LogP) is 3.27. The van der Waals surface area contributed by atoms with Gasteiger partial charge in [-0.25, -0.2) is 4.98 Å². The largest absolute Gasteiger partial charge is 0.354 e. The molecule has 2 aromatic rings. The first-order valence-electron chi connectivity index (χ1n) is 7.03. The number of para-hydroxylation sites is 1. The smallest absolute Gasteiger partial charge is 0.224 e. The lowest BCUT2D eigenvalue weighted by Crippen LogP contribution is -2.21. The third-order valence-corrected chi connectivity index (χ3v) is 3.05. The first-order valence-corrected chi connectivity index (χ1v) is 7.03. The Morgan fingerprint density at radius 2 is 2.05 bits per heavy atom. The summed E-state index contributed by atoms with van der Waals surface area (Å²) in [5.41, 5.74) is 2.01. The predicted molar refractivity (Wildman–Crippen MR) is 84.6 cm³/mol. The highest BCUT2D eigenvalue weighted by Crippen LogP contribution is 2.27.